The molecular weight excluding hydrogens is 244 g/mol. The number of nitrogens with zero attached hydrogens (tertiary/aromatic N) is 2. The van der Waals surface area contributed by atoms with Crippen LogP contribution in [-0.2, 0) is 0 Å². The minimum Gasteiger partial charge on any atom is -0.228 e. The summed E-state index contributed by atoms with van der Waals surface area (Å²) < 4.78 is 0. The third-order valence-corrected chi connectivity index (χ3v) is 3.78. The quantitative estimate of drug-likeness (QED) is 0.432. The molecule has 0 atom stereocenters. The van der Waals surface area contributed by atoms with Gasteiger partial charge in [-0.1, -0.05) is 29.8 Å². The van der Waals surface area contributed by atoms with Gasteiger partial charge in [-0.15, -0.1) is 0 Å². The van der Waals surface area contributed by atoms with Crippen LogP contribution in [0.1, 0.15) is 11.1 Å². The predicted molar refractivity (Wildman–Crippen MR) is 84.0 cm³/mol. The first-order valence-electron chi connectivity index (χ1n) is 6.78. The molecule has 0 saturated heterocycles. The zero-order valence-electron chi connectivity index (χ0n) is 11.5. The number of pyridine rings is 2. The molecule has 2 heteroatoms. The van der Waals surface area contributed by atoms with Crippen molar-refractivity contribution < 1.29 is 0 Å². The van der Waals surface area contributed by atoms with Crippen molar-refractivity contribution in [3.8, 4) is 0 Å². The molecule has 4 aromatic rings. The normalized spacial score (nSPS) is 11.5. The highest BCUT2D eigenvalue weighted by Gasteiger charge is 2.05. The van der Waals surface area contributed by atoms with E-state index in [9.17, 15) is 0 Å². The van der Waals surface area contributed by atoms with Gasteiger partial charge in [0.1, 0.15) is 0 Å². The summed E-state index contributed by atoms with van der Waals surface area (Å²) >= 11 is 0. The molecule has 0 aliphatic rings. The van der Waals surface area contributed by atoms with Crippen LogP contribution in [-0.4, -0.2) is 9.97 Å². The number of para-hydroxylation sites is 1. The molecular formula is C18H14N2. The van der Waals surface area contributed by atoms with Crippen LogP contribution < -0.4 is 0 Å². The molecule has 0 aliphatic heterocycles. The molecule has 96 valence electrons. The highest BCUT2D eigenvalue weighted by Crippen LogP contribution is 2.24. The fourth-order valence-electron chi connectivity index (χ4n) is 2.72. The smallest absolute Gasteiger partial charge is 0.160 e. The van der Waals surface area contributed by atoms with Crippen molar-refractivity contribution in [2.45, 2.75) is 13.8 Å². The zero-order valence-corrected chi connectivity index (χ0v) is 11.5. The van der Waals surface area contributed by atoms with E-state index in [4.69, 9.17) is 9.97 Å². The highest BCUT2D eigenvalue weighted by molar-refractivity contribution is 5.97. The van der Waals surface area contributed by atoms with Gasteiger partial charge in [0.25, 0.3) is 0 Å². The molecule has 2 heterocycles. The van der Waals surface area contributed by atoms with Gasteiger partial charge in [0.2, 0.25) is 0 Å². The Bertz CT molecular complexity index is 960. The van der Waals surface area contributed by atoms with Crippen molar-refractivity contribution in [1.29, 1.82) is 0 Å². The van der Waals surface area contributed by atoms with Crippen LogP contribution in [0.4, 0.5) is 0 Å². The molecule has 0 radical (unpaired) electrons. The Balaban J connectivity index is 2.16. The Morgan fingerprint density at radius 1 is 0.750 bits per heavy atom. The average Bonchev–Trinajstić information content (AvgIpc) is 2.44. The van der Waals surface area contributed by atoms with Gasteiger partial charge in [-0.05, 0) is 43.7 Å². The lowest BCUT2D eigenvalue weighted by Crippen LogP contribution is -1.89. The predicted octanol–water partition coefficient (Wildman–Crippen LogP) is 4.55. The van der Waals surface area contributed by atoms with Crippen molar-refractivity contribution in [2.75, 3.05) is 0 Å². The molecule has 0 spiro atoms. The Morgan fingerprint density at radius 3 is 2.50 bits per heavy atom. The Labute approximate surface area is 117 Å². The molecule has 0 saturated carbocycles. The topological polar surface area (TPSA) is 25.8 Å². The molecule has 0 aliphatic carbocycles. The van der Waals surface area contributed by atoms with Crippen LogP contribution in [0.15, 0.2) is 48.5 Å². The number of hydrogen-bond acceptors (Lipinski definition) is 2. The molecule has 0 unspecified atom stereocenters. The van der Waals surface area contributed by atoms with E-state index in [0.29, 0.717) is 0 Å². The zero-order chi connectivity index (χ0) is 13.7. The standard InChI is InChI=1S/C18H14N2/c1-11-6-7-16-14(8-11)10-15-9-13-5-3-4-12(2)17(13)20-18(15)19-16/h3-10H,1-2H3. The minimum atomic E-state index is 0.822. The summed E-state index contributed by atoms with van der Waals surface area (Å²) in [6, 6.07) is 17.0. The minimum absolute atomic E-state index is 0.822. The van der Waals surface area contributed by atoms with Gasteiger partial charge in [-0.25, -0.2) is 9.97 Å². The van der Waals surface area contributed by atoms with Crippen molar-refractivity contribution >= 4 is 32.8 Å². The van der Waals surface area contributed by atoms with Gasteiger partial charge in [-0.3, -0.25) is 0 Å². The molecule has 2 aromatic heterocycles. The number of rotatable bonds is 0. The SMILES string of the molecule is Cc1ccc2nc3nc4c(C)cccc4cc3cc2c1. The summed E-state index contributed by atoms with van der Waals surface area (Å²) in [5, 5.41) is 3.44. The molecule has 4 rings (SSSR count). The van der Waals surface area contributed by atoms with E-state index in [2.05, 4.69) is 62.4 Å². The lowest BCUT2D eigenvalue weighted by Gasteiger charge is -2.05. The van der Waals surface area contributed by atoms with Crippen LogP contribution in [0.2, 0.25) is 0 Å². The lowest BCUT2D eigenvalue weighted by atomic mass is 10.1. The van der Waals surface area contributed by atoms with Crippen molar-refractivity contribution in [3.63, 3.8) is 0 Å². The fourth-order valence-corrected chi connectivity index (χ4v) is 2.72. The van der Waals surface area contributed by atoms with Crippen LogP contribution in [0.25, 0.3) is 32.8 Å². The second-order valence-electron chi connectivity index (χ2n) is 5.37. The van der Waals surface area contributed by atoms with Crippen LogP contribution in [0.3, 0.4) is 0 Å². The third kappa shape index (κ3) is 1.65. The second-order valence-corrected chi connectivity index (χ2v) is 5.37. The molecule has 0 amide bonds. The largest absolute Gasteiger partial charge is 0.228 e. The van der Waals surface area contributed by atoms with Gasteiger partial charge in [0.05, 0.1) is 11.0 Å². The van der Waals surface area contributed by atoms with Gasteiger partial charge in [0, 0.05) is 16.2 Å². The fraction of sp³-hybridized carbons (Fsp3) is 0.111. The Kier molecular flexibility index (Phi) is 2.27. The summed E-state index contributed by atoms with van der Waals surface area (Å²) in [4.78, 5) is 9.44. The maximum atomic E-state index is 4.74. The number of aryl methyl sites for hydroxylation is 2. The summed E-state index contributed by atoms with van der Waals surface area (Å²) in [5.74, 6) is 0. The summed E-state index contributed by atoms with van der Waals surface area (Å²) in [6.45, 7) is 4.19. The van der Waals surface area contributed by atoms with Crippen LogP contribution >= 0.6 is 0 Å². The van der Waals surface area contributed by atoms with E-state index in [0.717, 1.165) is 22.1 Å². The van der Waals surface area contributed by atoms with Gasteiger partial charge < -0.3 is 0 Å². The van der Waals surface area contributed by atoms with Crippen molar-refractivity contribution in [1.82, 2.24) is 9.97 Å². The summed E-state index contributed by atoms with van der Waals surface area (Å²) in [5.41, 5.74) is 5.31. The molecule has 0 fully saturated rings. The average molecular weight is 258 g/mol. The van der Waals surface area contributed by atoms with E-state index < -0.39 is 0 Å². The maximum absolute atomic E-state index is 4.74. The molecule has 2 aromatic carbocycles. The third-order valence-electron chi connectivity index (χ3n) is 3.78. The maximum Gasteiger partial charge on any atom is 0.160 e. The first kappa shape index (κ1) is 11.4. The number of hydrogen-bond donors (Lipinski definition) is 0. The molecule has 20 heavy (non-hydrogen) atoms. The molecule has 2 nitrogen and oxygen atoms in total. The number of benzene rings is 2. The lowest BCUT2D eigenvalue weighted by molar-refractivity contribution is 1.35. The summed E-state index contributed by atoms with van der Waals surface area (Å²) in [7, 11) is 0. The van der Waals surface area contributed by atoms with Gasteiger partial charge in [0.15, 0.2) is 5.65 Å². The van der Waals surface area contributed by atoms with Crippen LogP contribution in [0.5, 0.6) is 0 Å². The van der Waals surface area contributed by atoms with E-state index in [1.54, 1.807) is 0 Å². The van der Waals surface area contributed by atoms with Gasteiger partial charge >= 0.3 is 0 Å². The van der Waals surface area contributed by atoms with E-state index in [-0.39, 0.29) is 0 Å². The van der Waals surface area contributed by atoms with Crippen molar-refractivity contribution in [3.05, 3.63) is 59.7 Å². The second kappa shape index (κ2) is 4.01. The summed E-state index contributed by atoms with van der Waals surface area (Å²) in [6.07, 6.45) is 0. The monoisotopic (exact) mass is 258 g/mol. The van der Waals surface area contributed by atoms with Crippen LogP contribution in [0, 0.1) is 13.8 Å². The Morgan fingerprint density at radius 2 is 1.60 bits per heavy atom. The highest BCUT2D eigenvalue weighted by atomic mass is 14.8. The number of aromatic nitrogens is 2. The number of fused-ring (bicyclic) bond motifs is 3. The molecule has 0 bridgehead atoms. The first-order valence-corrected chi connectivity index (χ1v) is 6.78. The molecule has 0 N–H and O–H groups in total. The van der Waals surface area contributed by atoms with Gasteiger partial charge in [-0.2, -0.15) is 0 Å². The first-order chi connectivity index (χ1) is 9.70. The van der Waals surface area contributed by atoms with E-state index in [1.165, 1.54) is 21.9 Å². The van der Waals surface area contributed by atoms with E-state index >= 15 is 0 Å². The van der Waals surface area contributed by atoms with E-state index in [1.807, 2.05) is 0 Å². The van der Waals surface area contributed by atoms with Crippen molar-refractivity contribution in [2.24, 2.45) is 0 Å². The Hall–Kier alpha value is -2.48.